The van der Waals surface area contributed by atoms with E-state index >= 15 is 0 Å². The van der Waals surface area contributed by atoms with Crippen molar-refractivity contribution in [1.29, 1.82) is 0 Å². The molecule has 0 N–H and O–H groups in total. The van der Waals surface area contributed by atoms with Crippen molar-refractivity contribution in [2.24, 2.45) is 0 Å². The molecule has 0 bridgehead atoms. The van der Waals surface area contributed by atoms with Crippen molar-refractivity contribution >= 4 is 21.9 Å². The maximum atomic E-state index is 11.5. The summed E-state index contributed by atoms with van der Waals surface area (Å²) in [6, 6.07) is 5.13. The Morgan fingerprint density at radius 1 is 1.19 bits per heavy atom. The first kappa shape index (κ1) is 13.5. The fourth-order valence-electron chi connectivity index (χ4n) is 2.51. The van der Waals surface area contributed by atoms with E-state index in [1.807, 2.05) is 6.07 Å². The Morgan fingerprint density at radius 3 is 2.67 bits per heavy atom. The van der Waals surface area contributed by atoms with Gasteiger partial charge in [-0.05, 0) is 38.0 Å². The predicted molar refractivity (Wildman–Crippen MR) is 81.9 cm³/mol. The Labute approximate surface area is 121 Å². The van der Waals surface area contributed by atoms with E-state index < -0.39 is 5.63 Å². The minimum atomic E-state index is -0.403. The molecular formula is C17H16O4. The minimum Gasteiger partial charge on any atom is -0.490 e. The van der Waals surface area contributed by atoms with Crippen LogP contribution in [0.5, 0.6) is 5.75 Å². The van der Waals surface area contributed by atoms with Crippen molar-refractivity contribution in [3.63, 3.8) is 0 Å². The second-order valence-electron chi connectivity index (χ2n) is 5.16. The molecule has 0 radical (unpaired) electrons. The first-order valence-electron chi connectivity index (χ1n) is 6.75. The molecule has 21 heavy (non-hydrogen) atoms. The fourth-order valence-corrected chi connectivity index (χ4v) is 2.51. The average Bonchev–Trinajstić information content (AvgIpc) is 2.92. The Morgan fingerprint density at radius 2 is 1.95 bits per heavy atom. The highest BCUT2D eigenvalue weighted by atomic mass is 16.5. The Kier molecular flexibility index (Phi) is 3.29. The lowest BCUT2D eigenvalue weighted by Crippen LogP contribution is -1.99. The van der Waals surface area contributed by atoms with Crippen LogP contribution in [0.25, 0.3) is 21.9 Å². The summed E-state index contributed by atoms with van der Waals surface area (Å²) in [4.78, 5) is 11.5. The number of ether oxygens (including phenoxy) is 1. The monoisotopic (exact) mass is 284 g/mol. The van der Waals surface area contributed by atoms with Crippen LogP contribution in [0, 0.1) is 0 Å². The Balaban J connectivity index is 2.45. The van der Waals surface area contributed by atoms with Crippen LogP contribution in [0.3, 0.4) is 0 Å². The van der Waals surface area contributed by atoms with Gasteiger partial charge >= 0.3 is 5.63 Å². The highest BCUT2D eigenvalue weighted by Gasteiger charge is 2.18. The van der Waals surface area contributed by atoms with E-state index in [9.17, 15) is 4.79 Å². The van der Waals surface area contributed by atoms with Gasteiger partial charge in [0.25, 0.3) is 0 Å². The van der Waals surface area contributed by atoms with Crippen LogP contribution in [-0.2, 0) is 6.42 Å². The zero-order valence-corrected chi connectivity index (χ0v) is 12.2. The second kappa shape index (κ2) is 5.13. The standard InChI is InChI=1S/C17H16O4/c1-10(2)4-5-11-12-6-7-14(18)21-16(12)17(19-3)15-13(11)8-9-20-15/h4,6-9H,5H2,1-3H3. The number of fused-ring (bicyclic) bond motifs is 2. The number of hydrogen-bond acceptors (Lipinski definition) is 4. The highest BCUT2D eigenvalue weighted by Crippen LogP contribution is 2.38. The van der Waals surface area contributed by atoms with Crippen LogP contribution in [0.1, 0.15) is 19.4 Å². The fraction of sp³-hybridized carbons (Fsp3) is 0.235. The number of benzene rings is 1. The maximum absolute atomic E-state index is 11.5. The summed E-state index contributed by atoms with van der Waals surface area (Å²) < 4.78 is 16.3. The van der Waals surface area contributed by atoms with Gasteiger partial charge in [-0.3, -0.25) is 0 Å². The van der Waals surface area contributed by atoms with Crippen molar-refractivity contribution in [3.05, 3.63) is 52.1 Å². The normalized spacial score (nSPS) is 11.0. The van der Waals surface area contributed by atoms with Gasteiger partial charge in [0.15, 0.2) is 11.2 Å². The number of rotatable bonds is 3. The largest absolute Gasteiger partial charge is 0.490 e. The third-order valence-corrected chi connectivity index (χ3v) is 3.48. The molecule has 108 valence electrons. The van der Waals surface area contributed by atoms with Gasteiger partial charge in [-0.15, -0.1) is 0 Å². The summed E-state index contributed by atoms with van der Waals surface area (Å²) in [6.45, 7) is 4.11. The molecular weight excluding hydrogens is 268 g/mol. The van der Waals surface area contributed by atoms with Crippen molar-refractivity contribution in [3.8, 4) is 5.75 Å². The lowest BCUT2D eigenvalue weighted by Gasteiger charge is -2.10. The Bertz CT molecular complexity index is 892. The van der Waals surface area contributed by atoms with Crippen molar-refractivity contribution in [1.82, 2.24) is 0 Å². The van der Waals surface area contributed by atoms with E-state index in [2.05, 4.69) is 19.9 Å². The second-order valence-corrected chi connectivity index (χ2v) is 5.16. The lowest BCUT2D eigenvalue weighted by atomic mass is 10.00. The third-order valence-electron chi connectivity index (χ3n) is 3.48. The zero-order chi connectivity index (χ0) is 15.0. The van der Waals surface area contributed by atoms with Gasteiger partial charge in [-0.1, -0.05) is 11.6 Å². The van der Waals surface area contributed by atoms with Crippen LogP contribution in [0.15, 0.2) is 49.7 Å². The van der Waals surface area contributed by atoms with Crippen LogP contribution >= 0.6 is 0 Å². The highest BCUT2D eigenvalue weighted by molar-refractivity contribution is 6.03. The minimum absolute atomic E-state index is 0.403. The van der Waals surface area contributed by atoms with E-state index in [-0.39, 0.29) is 0 Å². The number of methoxy groups -OCH3 is 1. The van der Waals surface area contributed by atoms with Gasteiger partial charge < -0.3 is 13.6 Å². The number of hydrogen-bond donors (Lipinski definition) is 0. The SMILES string of the molecule is COc1c2occc2c(CC=C(C)C)c2ccc(=O)oc12. The topological polar surface area (TPSA) is 52.6 Å². The zero-order valence-electron chi connectivity index (χ0n) is 12.2. The van der Waals surface area contributed by atoms with Crippen molar-refractivity contribution in [2.75, 3.05) is 7.11 Å². The van der Waals surface area contributed by atoms with Gasteiger partial charge in [0.1, 0.15) is 0 Å². The van der Waals surface area contributed by atoms with Crippen LogP contribution in [0.4, 0.5) is 0 Å². The average molecular weight is 284 g/mol. The molecule has 4 heteroatoms. The molecule has 2 aromatic heterocycles. The van der Waals surface area contributed by atoms with Gasteiger partial charge in [-0.25, -0.2) is 4.79 Å². The van der Waals surface area contributed by atoms with Crippen molar-refractivity contribution in [2.45, 2.75) is 20.3 Å². The first-order chi connectivity index (χ1) is 10.1. The van der Waals surface area contributed by atoms with E-state index in [4.69, 9.17) is 13.6 Å². The molecule has 0 fully saturated rings. The lowest BCUT2D eigenvalue weighted by molar-refractivity contribution is 0.402. The first-order valence-corrected chi connectivity index (χ1v) is 6.75. The smallest absolute Gasteiger partial charge is 0.336 e. The third kappa shape index (κ3) is 2.23. The molecule has 0 unspecified atom stereocenters. The van der Waals surface area contributed by atoms with E-state index in [0.717, 1.165) is 22.8 Å². The number of allylic oxidation sites excluding steroid dienone is 2. The predicted octanol–water partition coefficient (Wildman–Crippen LogP) is 4.06. The molecule has 1 aromatic carbocycles. The molecule has 0 saturated heterocycles. The van der Waals surface area contributed by atoms with Gasteiger partial charge in [0.2, 0.25) is 5.75 Å². The van der Waals surface area contributed by atoms with E-state index in [1.165, 1.54) is 11.6 Å². The molecule has 3 rings (SSSR count). The molecule has 4 nitrogen and oxygen atoms in total. The summed E-state index contributed by atoms with van der Waals surface area (Å²) in [5, 5.41) is 1.85. The molecule has 3 aromatic rings. The quantitative estimate of drug-likeness (QED) is 0.537. The molecule has 0 spiro atoms. The summed E-state index contributed by atoms with van der Waals surface area (Å²) >= 11 is 0. The summed E-state index contributed by atoms with van der Waals surface area (Å²) in [6.07, 6.45) is 4.50. The molecule has 0 aliphatic heterocycles. The van der Waals surface area contributed by atoms with Crippen molar-refractivity contribution < 1.29 is 13.6 Å². The summed E-state index contributed by atoms with van der Waals surface area (Å²) in [5.74, 6) is 0.462. The molecule has 0 saturated carbocycles. The number of furan rings is 1. The van der Waals surface area contributed by atoms with E-state index in [0.29, 0.717) is 16.9 Å². The molecule has 0 aliphatic carbocycles. The van der Waals surface area contributed by atoms with Gasteiger partial charge in [-0.2, -0.15) is 0 Å². The summed E-state index contributed by atoms with van der Waals surface area (Å²) in [5.41, 5.74) is 2.94. The molecule has 2 heterocycles. The van der Waals surface area contributed by atoms with Crippen LogP contribution in [0.2, 0.25) is 0 Å². The molecule has 0 amide bonds. The van der Waals surface area contributed by atoms with Gasteiger partial charge in [0.05, 0.1) is 13.4 Å². The summed E-state index contributed by atoms with van der Waals surface area (Å²) in [7, 11) is 1.54. The maximum Gasteiger partial charge on any atom is 0.336 e. The Hall–Kier alpha value is -2.49. The van der Waals surface area contributed by atoms with Gasteiger partial charge in [0, 0.05) is 16.8 Å². The molecule has 0 aliphatic rings. The van der Waals surface area contributed by atoms with Crippen LogP contribution < -0.4 is 10.4 Å². The molecule has 0 atom stereocenters. The van der Waals surface area contributed by atoms with E-state index in [1.54, 1.807) is 19.4 Å². The van der Waals surface area contributed by atoms with Crippen LogP contribution in [-0.4, -0.2) is 7.11 Å².